The molecule has 0 bridgehead atoms. The molecule has 1 N–H and O–H groups in total. The lowest BCUT2D eigenvalue weighted by molar-refractivity contribution is -0.116. The van der Waals surface area contributed by atoms with Crippen molar-refractivity contribution in [2.75, 3.05) is 10.7 Å². The molecule has 0 unspecified atom stereocenters. The third kappa shape index (κ3) is 3.10. The van der Waals surface area contributed by atoms with E-state index in [0.29, 0.717) is 18.0 Å². The summed E-state index contributed by atoms with van der Waals surface area (Å²) < 4.78 is 0. The van der Waals surface area contributed by atoms with Crippen LogP contribution in [0.15, 0.2) is 41.3 Å². The summed E-state index contributed by atoms with van der Waals surface area (Å²) in [4.78, 5) is 26.3. The van der Waals surface area contributed by atoms with Gasteiger partial charge in [0.2, 0.25) is 5.91 Å². The molecule has 0 saturated heterocycles. The van der Waals surface area contributed by atoms with Gasteiger partial charge in [-0.2, -0.15) is 0 Å². The van der Waals surface area contributed by atoms with Crippen molar-refractivity contribution in [3.05, 3.63) is 58.7 Å². The maximum absolute atomic E-state index is 12.4. The summed E-state index contributed by atoms with van der Waals surface area (Å²) >= 11 is 1.45. The van der Waals surface area contributed by atoms with Crippen molar-refractivity contribution in [2.24, 2.45) is 0 Å². The number of thioether (sulfide) groups is 1. The maximum Gasteiger partial charge on any atom is 0.335 e. The van der Waals surface area contributed by atoms with Crippen LogP contribution in [0, 0.1) is 13.8 Å². The van der Waals surface area contributed by atoms with E-state index in [1.165, 1.54) is 11.8 Å². The summed E-state index contributed by atoms with van der Waals surface area (Å²) in [6.45, 7) is 4.50. The zero-order chi connectivity index (χ0) is 16.6. The molecule has 0 spiro atoms. The van der Waals surface area contributed by atoms with Crippen molar-refractivity contribution in [3.63, 3.8) is 0 Å². The number of fused-ring (bicyclic) bond motifs is 1. The van der Waals surface area contributed by atoms with E-state index < -0.39 is 5.97 Å². The average Bonchev–Trinajstić information content (AvgIpc) is 2.53. The van der Waals surface area contributed by atoms with Crippen LogP contribution in [0.3, 0.4) is 0 Å². The Morgan fingerprint density at radius 3 is 2.74 bits per heavy atom. The first-order valence-corrected chi connectivity index (χ1v) is 8.31. The summed E-state index contributed by atoms with van der Waals surface area (Å²) in [5, 5.41) is 9.20. The van der Waals surface area contributed by atoms with Gasteiger partial charge in [0.25, 0.3) is 0 Å². The second-order valence-electron chi connectivity index (χ2n) is 5.69. The molecule has 0 fully saturated rings. The molecule has 3 rings (SSSR count). The molecule has 4 nitrogen and oxygen atoms in total. The quantitative estimate of drug-likeness (QED) is 0.935. The Kier molecular flexibility index (Phi) is 4.13. The number of hydrogen-bond donors (Lipinski definition) is 1. The third-order valence-corrected chi connectivity index (χ3v) is 5.03. The molecule has 23 heavy (non-hydrogen) atoms. The highest BCUT2D eigenvalue weighted by atomic mass is 32.2. The minimum Gasteiger partial charge on any atom is -0.478 e. The zero-order valence-electron chi connectivity index (χ0n) is 13.0. The predicted molar refractivity (Wildman–Crippen MR) is 91.2 cm³/mol. The van der Waals surface area contributed by atoms with Gasteiger partial charge in [-0.05, 0) is 43.2 Å². The van der Waals surface area contributed by atoms with Crippen LogP contribution in [0.1, 0.15) is 27.0 Å². The number of carboxylic acids is 1. The number of rotatable bonds is 3. The SMILES string of the molecule is Cc1ccc(C)c(CN2C(=O)CSc3ccc(C(=O)O)cc32)c1. The number of carbonyl (C=O) groups is 2. The van der Waals surface area contributed by atoms with Crippen LogP contribution in [0.25, 0.3) is 0 Å². The molecule has 0 saturated carbocycles. The normalized spacial score (nSPS) is 13.8. The van der Waals surface area contributed by atoms with Gasteiger partial charge in [-0.3, -0.25) is 4.79 Å². The Bertz CT molecular complexity index is 801. The highest BCUT2D eigenvalue weighted by molar-refractivity contribution is 8.00. The molecule has 0 aliphatic carbocycles. The van der Waals surface area contributed by atoms with E-state index in [-0.39, 0.29) is 11.5 Å². The van der Waals surface area contributed by atoms with Gasteiger partial charge in [0.05, 0.1) is 23.5 Å². The van der Waals surface area contributed by atoms with Crippen molar-refractivity contribution >= 4 is 29.3 Å². The molecule has 1 heterocycles. The molecule has 1 amide bonds. The smallest absolute Gasteiger partial charge is 0.335 e. The van der Waals surface area contributed by atoms with Crippen molar-refractivity contribution in [1.29, 1.82) is 0 Å². The van der Waals surface area contributed by atoms with Crippen molar-refractivity contribution in [1.82, 2.24) is 0 Å². The molecule has 0 atom stereocenters. The lowest BCUT2D eigenvalue weighted by atomic mass is 10.0. The number of anilines is 1. The standard InChI is InChI=1S/C18H17NO3S/c1-11-3-4-12(2)14(7-11)9-19-15-8-13(18(21)22)5-6-16(15)23-10-17(19)20/h3-8H,9-10H2,1-2H3,(H,21,22). The van der Waals surface area contributed by atoms with E-state index in [9.17, 15) is 14.7 Å². The van der Waals surface area contributed by atoms with E-state index in [1.807, 2.05) is 26.0 Å². The fraction of sp³-hybridized carbons (Fsp3) is 0.222. The summed E-state index contributed by atoms with van der Waals surface area (Å²) in [6.07, 6.45) is 0. The van der Waals surface area contributed by atoms with Crippen molar-refractivity contribution < 1.29 is 14.7 Å². The Balaban J connectivity index is 2.02. The minimum absolute atomic E-state index is 0.00550. The fourth-order valence-corrected chi connectivity index (χ4v) is 3.57. The zero-order valence-corrected chi connectivity index (χ0v) is 13.8. The number of aromatic carboxylic acids is 1. The van der Waals surface area contributed by atoms with Gasteiger partial charge in [0, 0.05) is 4.90 Å². The molecular formula is C18H17NO3S. The molecule has 1 aliphatic heterocycles. The number of carboxylic acid groups (broad SMARTS) is 1. The van der Waals surface area contributed by atoms with Crippen LogP contribution in [0.2, 0.25) is 0 Å². The highest BCUT2D eigenvalue weighted by Gasteiger charge is 2.26. The van der Waals surface area contributed by atoms with Gasteiger partial charge in [0.1, 0.15) is 0 Å². The summed E-state index contributed by atoms with van der Waals surface area (Å²) in [5.74, 6) is -0.599. The topological polar surface area (TPSA) is 57.6 Å². The molecule has 0 radical (unpaired) electrons. The van der Waals surface area contributed by atoms with Gasteiger partial charge < -0.3 is 10.0 Å². The number of aryl methyl sites for hydroxylation is 2. The molecule has 5 heteroatoms. The van der Waals surface area contributed by atoms with Crippen LogP contribution >= 0.6 is 11.8 Å². The van der Waals surface area contributed by atoms with E-state index in [1.54, 1.807) is 23.1 Å². The number of nitrogens with zero attached hydrogens (tertiary/aromatic N) is 1. The number of benzene rings is 2. The van der Waals surface area contributed by atoms with Crippen molar-refractivity contribution in [2.45, 2.75) is 25.3 Å². The average molecular weight is 327 g/mol. The maximum atomic E-state index is 12.4. The summed E-state index contributed by atoms with van der Waals surface area (Å²) in [7, 11) is 0. The third-order valence-electron chi connectivity index (χ3n) is 3.98. The van der Waals surface area contributed by atoms with E-state index in [0.717, 1.165) is 21.6 Å². The Hall–Kier alpha value is -2.27. The van der Waals surface area contributed by atoms with Gasteiger partial charge >= 0.3 is 5.97 Å². The number of carbonyl (C=O) groups excluding carboxylic acids is 1. The van der Waals surface area contributed by atoms with E-state index in [4.69, 9.17) is 0 Å². The Morgan fingerprint density at radius 2 is 2.00 bits per heavy atom. The van der Waals surface area contributed by atoms with Gasteiger partial charge in [0.15, 0.2) is 0 Å². The van der Waals surface area contributed by atoms with Gasteiger partial charge in [-0.15, -0.1) is 11.8 Å². The first-order chi connectivity index (χ1) is 11.0. The molecule has 1 aliphatic rings. The molecule has 118 valence electrons. The molecule has 2 aromatic carbocycles. The Morgan fingerprint density at radius 1 is 1.22 bits per heavy atom. The lowest BCUT2D eigenvalue weighted by Gasteiger charge is -2.30. The second kappa shape index (κ2) is 6.08. The number of hydrogen-bond acceptors (Lipinski definition) is 3. The van der Waals surface area contributed by atoms with Crippen molar-refractivity contribution in [3.8, 4) is 0 Å². The summed E-state index contributed by atoms with van der Waals surface area (Å²) in [5.41, 5.74) is 4.23. The number of amides is 1. The van der Waals surface area contributed by atoms with Gasteiger partial charge in [-0.1, -0.05) is 23.8 Å². The second-order valence-corrected chi connectivity index (χ2v) is 6.70. The van der Waals surface area contributed by atoms with Crippen LogP contribution in [-0.2, 0) is 11.3 Å². The molecule has 0 aromatic heterocycles. The largest absolute Gasteiger partial charge is 0.478 e. The monoisotopic (exact) mass is 327 g/mol. The predicted octanol–water partition coefficient (Wildman–Crippen LogP) is 3.64. The van der Waals surface area contributed by atoms with Crippen LogP contribution in [0.4, 0.5) is 5.69 Å². The Labute approximate surface area is 139 Å². The van der Waals surface area contributed by atoms with Crippen LogP contribution in [0.5, 0.6) is 0 Å². The minimum atomic E-state index is -0.984. The highest BCUT2D eigenvalue weighted by Crippen LogP contribution is 2.37. The van der Waals surface area contributed by atoms with Gasteiger partial charge in [-0.25, -0.2) is 4.79 Å². The first-order valence-electron chi connectivity index (χ1n) is 7.32. The van der Waals surface area contributed by atoms with E-state index >= 15 is 0 Å². The van der Waals surface area contributed by atoms with Crippen LogP contribution in [-0.4, -0.2) is 22.7 Å². The van der Waals surface area contributed by atoms with Crippen LogP contribution < -0.4 is 4.90 Å². The lowest BCUT2D eigenvalue weighted by Crippen LogP contribution is -2.35. The summed E-state index contributed by atoms with van der Waals surface area (Å²) in [6, 6.07) is 11.1. The molecule has 2 aromatic rings. The van der Waals surface area contributed by atoms with E-state index in [2.05, 4.69) is 6.07 Å². The molecular weight excluding hydrogens is 310 g/mol. The fourth-order valence-electron chi connectivity index (χ4n) is 2.65. The first kappa shape index (κ1) is 15.6.